The van der Waals surface area contributed by atoms with E-state index in [2.05, 4.69) is 20.6 Å². The highest BCUT2D eigenvalue weighted by Crippen LogP contribution is 2.15. The smallest absolute Gasteiger partial charge is 0.274 e. The van der Waals surface area contributed by atoms with E-state index in [1.165, 1.54) is 12.1 Å². The van der Waals surface area contributed by atoms with Crippen molar-refractivity contribution in [3.63, 3.8) is 0 Å². The molecular weight excluding hydrogens is 338 g/mol. The van der Waals surface area contributed by atoms with Crippen LogP contribution in [0.5, 0.6) is 0 Å². The van der Waals surface area contributed by atoms with Crippen LogP contribution in [0.1, 0.15) is 21.9 Å². The number of rotatable bonds is 5. The van der Waals surface area contributed by atoms with Crippen molar-refractivity contribution in [1.82, 2.24) is 9.97 Å². The van der Waals surface area contributed by atoms with E-state index in [4.69, 9.17) is 0 Å². The van der Waals surface area contributed by atoms with Crippen molar-refractivity contribution in [3.8, 4) is 0 Å². The van der Waals surface area contributed by atoms with Gasteiger partial charge in [-0.15, -0.1) is 0 Å². The molecule has 7 heteroatoms. The van der Waals surface area contributed by atoms with Crippen molar-refractivity contribution in [2.24, 2.45) is 0 Å². The molecule has 2 N–H and O–H groups in total. The number of halogens is 2. The highest BCUT2D eigenvalue weighted by atomic mass is 19.2. The maximum atomic E-state index is 13.3. The van der Waals surface area contributed by atoms with E-state index in [0.717, 1.165) is 17.7 Å². The molecule has 0 aliphatic carbocycles. The third kappa shape index (κ3) is 4.38. The molecule has 3 rings (SSSR count). The van der Waals surface area contributed by atoms with Gasteiger partial charge in [-0.2, -0.15) is 0 Å². The minimum Gasteiger partial charge on any atom is -0.366 e. The topological polar surface area (TPSA) is 66.9 Å². The highest BCUT2D eigenvalue weighted by Gasteiger charge is 2.12. The third-order valence-corrected chi connectivity index (χ3v) is 3.56. The van der Waals surface area contributed by atoms with Gasteiger partial charge in [-0.25, -0.2) is 18.7 Å². The Morgan fingerprint density at radius 3 is 2.50 bits per heavy atom. The van der Waals surface area contributed by atoms with Crippen LogP contribution in [0.15, 0.2) is 54.6 Å². The fraction of sp³-hybridized carbons (Fsp3) is 0.105. The molecule has 0 spiro atoms. The molecule has 0 aliphatic heterocycles. The van der Waals surface area contributed by atoms with Crippen molar-refractivity contribution in [3.05, 3.63) is 83.3 Å². The van der Waals surface area contributed by atoms with Crippen LogP contribution in [0.2, 0.25) is 0 Å². The Hall–Kier alpha value is -3.35. The first-order chi connectivity index (χ1) is 12.5. The Morgan fingerprint density at radius 1 is 1.00 bits per heavy atom. The molecule has 26 heavy (non-hydrogen) atoms. The van der Waals surface area contributed by atoms with Gasteiger partial charge >= 0.3 is 0 Å². The van der Waals surface area contributed by atoms with E-state index in [0.29, 0.717) is 18.2 Å². The molecule has 0 unspecified atom stereocenters. The Kier molecular flexibility index (Phi) is 5.17. The number of benzene rings is 2. The van der Waals surface area contributed by atoms with Gasteiger partial charge in [-0.3, -0.25) is 4.79 Å². The van der Waals surface area contributed by atoms with Crippen LogP contribution in [-0.2, 0) is 6.54 Å². The largest absolute Gasteiger partial charge is 0.366 e. The molecule has 0 saturated heterocycles. The summed E-state index contributed by atoms with van der Waals surface area (Å²) in [6, 6.07) is 14.4. The van der Waals surface area contributed by atoms with Gasteiger partial charge in [0.2, 0.25) is 0 Å². The molecule has 1 aromatic heterocycles. The second-order valence-electron chi connectivity index (χ2n) is 5.61. The summed E-state index contributed by atoms with van der Waals surface area (Å²) in [5.74, 6) is -1.64. The Bertz CT molecular complexity index is 932. The van der Waals surface area contributed by atoms with Crippen molar-refractivity contribution >= 4 is 17.4 Å². The molecule has 5 nitrogen and oxygen atoms in total. The standard InChI is InChI=1S/C19H16F2N4O/c1-12-23-17(19(26)25-14-7-8-15(20)16(21)9-14)10-18(24-12)22-11-13-5-3-2-4-6-13/h2-10H,11H2,1H3,(H,25,26)(H,22,23,24). The van der Waals surface area contributed by atoms with Crippen LogP contribution < -0.4 is 10.6 Å². The predicted octanol–water partition coefficient (Wildman–Crippen LogP) is 3.93. The van der Waals surface area contributed by atoms with Gasteiger partial charge in [0, 0.05) is 24.4 Å². The summed E-state index contributed by atoms with van der Waals surface area (Å²) in [7, 11) is 0. The lowest BCUT2D eigenvalue weighted by molar-refractivity contribution is 0.102. The Labute approximate surface area is 149 Å². The van der Waals surface area contributed by atoms with E-state index < -0.39 is 17.5 Å². The number of nitrogens with zero attached hydrogens (tertiary/aromatic N) is 2. The van der Waals surface area contributed by atoms with Crippen molar-refractivity contribution in [2.75, 3.05) is 10.6 Å². The molecule has 0 atom stereocenters. The Morgan fingerprint density at radius 2 is 1.77 bits per heavy atom. The molecule has 3 aromatic rings. The van der Waals surface area contributed by atoms with Crippen LogP contribution in [0.3, 0.4) is 0 Å². The average Bonchev–Trinajstić information content (AvgIpc) is 2.63. The van der Waals surface area contributed by atoms with E-state index in [1.54, 1.807) is 6.92 Å². The number of hydrogen-bond donors (Lipinski definition) is 2. The summed E-state index contributed by atoms with van der Waals surface area (Å²) in [5.41, 5.74) is 1.33. The summed E-state index contributed by atoms with van der Waals surface area (Å²) >= 11 is 0. The molecule has 1 heterocycles. The first-order valence-electron chi connectivity index (χ1n) is 7.91. The number of amides is 1. The Balaban J connectivity index is 1.73. The third-order valence-electron chi connectivity index (χ3n) is 3.56. The number of aryl methyl sites for hydroxylation is 1. The molecule has 0 saturated carbocycles. The quantitative estimate of drug-likeness (QED) is 0.729. The molecule has 1 amide bonds. The summed E-state index contributed by atoms with van der Waals surface area (Å²) in [4.78, 5) is 20.7. The average molecular weight is 354 g/mol. The second-order valence-corrected chi connectivity index (χ2v) is 5.61. The lowest BCUT2D eigenvalue weighted by atomic mass is 10.2. The summed E-state index contributed by atoms with van der Waals surface area (Å²) in [5, 5.41) is 5.63. The summed E-state index contributed by atoms with van der Waals surface area (Å²) in [6.07, 6.45) is 0. The van der Waals surface area contributed by atoms with Gasteiger partial charge in [-0.05, 0) is 24.6 Å². The zero-order chi connectivity index (χ0) is 18.5. The SMILES string of the molecule is Cc1nc(NCc2ccccc2)cc(C(=O)Nc2ccc(F)c(F)c2)n1. The minimum atomic E-state index is -1.04. The van der Waals surface area contributed by atoms with Crippen LogP contribution in [-0.4, -0.2) is 15.9 Å². The zero-order valence-electron chi connectivity index (χ0n) is 14.0. The highest BCUT2D eigenvalue weighted by molar-refractivity contribution is 6.03. The summed E-state index contributed by atoms with van der Waals surface area (Å²) < 4.78 is 26.2. The molecule has 0 aliphatic rings. The van der Waals surface area contributed by atoms with E-state index in [-0.39, 0.29) is 11.4 Å². The van der Waals surface area contributed by atoms with Crippen molar-refractivity contribution < 1.29 is 13.6 Å². The normalized spacial score (nSPS) is 10.4. The van der Waals surface area contributed by atoms with Crippen LogP contribution >= 0.6 is 0 Å². The van der Waals surface area contributed by atoms with Crippen LogP contribution in [0.4, 0.5) is 20.3 Å². The van der Waals surface area contributed by atoms with E-state index in [9.17, 15) is 13.6 Å². The van der Waals surface area contributed by atoms with Crippen LogP contribution in [0.25, 0.3) is 0 Å². The van der Waals surface area contributed by atoms with Crippen LogP contribution in [0, 0.1) is 18.6 Å². The molecule has 132 valence electrons. The van der Waals surface area contributed by atoms with Crippen molar-refractivity contribution in [2.45, 2.75) is 13.5 Å². The van der Waals surface area contributed by atoms with E-state index >= 15 is 0 Å². The monoisotopic (exact) mass is 354 g/mol. The number of aromatic nitrogens is 2. The van der Waals surface area contributed by atoms with Gasteiger partial charge < -0.3 is 10.6 Å². The molecule has 2 aromatic carbocycles. The van der Waals surface area contributed by atoms with Gasteiger partial charge in [-0.1, -0.05) is 30.3 Å². The van der Waals surface area contributed by atoms with Gasteiger partial charge in [0.15, 0.2) is 11.6 Å². The fourth-order valence-electron chi connectivity index (χ4n) is 2.33. The van der Waals surface area contributed by atoms with Crippen molar-refractivity contribution in [1.29, 1.82) is 0 Å². The molecule has 0 radical (unpaired) electrons. The predicted molar refractivity (Wildman–Crippen MR) is 94.8 cm³/mol. The zero-order valence-corrected chi connectivity index (χ0v) is 14.0. The minimum absolute atomic E-state index is 0.123. The fourth-order valence-corrected chi connectivity index (χ4v) is 2.33. The molecule has 0 bridgehead atoms. The number of anilines is 2. The first kappa shape index (κ1) is 17.5. The van der Waals surface area contributed by atoms with Gasteiger partial charge in [0.1, 0.15) is 17.3 Å². The number of nitrogens with one attached hydrogen (secondary N) is 2. The van der Waals surface area contributed by atoms with E-state index in [1.807, 2.05) is 30.3 Å². The number of carbonyl (C=O) groups is 1. The molecular formula is C19H16F2N4O. The first-order valence-corrected chi connectivity index (χ1v) is 7.91. The van der Waals surface area contributed by atoms with Gasteiger partial charge in [0.05, 0.1) is 0 Å². The van der Waals surface area contributed by atoms with Gasteiger partial charge in [0.25, 0.3) is 5.91 Å². The lowest BCUT2D eigenvalue weighted by Gasteiger charge is -2.09. The lowest BCUT2D eigenvalue weighted by Crippen LogP contribution is -2.16. The maximum absolute atomic E-state index is 13.3. The summed E-state index contributed by atoms with van der Waals surface area (Å²) in [6.45, 7) is 2.21. The molecule has 0 fully saturated rings. The number of carbonyl (C=O) groups excluding carboxylic acids is 1. The second kappa shape index (κ2) is 7.69. The number of hydrogen-bond acceptors (Lipinski definition) is 4. The maximum Gasteiger partial charge on any atom is 0.274 e.